The van der Waals surface area contributed by atoms with Gasteiger partial charge in [-0.05, 0) is 88.1 Å². The Hall–Kier alpha value is -2.45. The van der Waals surface area contributed by atoms with Crippen LogP contribution in [0.15, 0.2) is 53.6 Å². The van der Waals surface area contributed by atoms with E-state index >= 15 is 0 Å². The van der Waals surface area contributed by atoms with Gasteiger partial charge in [0.15, 0.2) is 0 Å². The number of hydrogen-bond acceptors (Lipinski definition) is 6. The highest BCUT2D eigenvalue weighted by molar-refractivity contribution is 7.79. The molecule has 2 aromatic rings. The topological polar surface area (TPSA) is 94.6 Å². The fourth-order valence-corrected chi connectivity index (χ4v) is 4.86. The van der Waals surface area contributed by atoms with E-state index in [1.807, 2.05) is 43.9 Å². The molecule has 1 fully saturated rings. The molecule has 8 heteroatoms. The summed E-state index contributed by atoms with van der Waals surface area (Å²) in [6.45, 7) is 9.18. The second-order valence-corrected chi connectivity index (χ2v) is 10.9. The quantitative estimate of drug-likeness (QED) is 0.439. The minimum Gasteiger partial charge on any atom is -0.767 e. The Balaban J connectivity index is 1.61. The Morgan fingerprint density at radius 2 is 1.97 bits per heavy atom. The van der Waals surface area contributed by atoms with Crippen molar-refractivity contribution in [2.24, 2.45) is 5.92 Å². The number of hydrogen-bond donors (Lipinski definition) is 1. The Kier molecular flexibility index (Phi) is 8.13. The molecule has 1 saturated heterocycles. The highest BCUT2D eigenvalue weighted by Gasteiger charge is 2.45. The molecular weight excluding hydrogens is 438 g/mol. The number of ether oxygens (including phenoxy) is 1. The van der Waals surface area contributed by atoms with Crippen LogP contribution in [-0.4, -0.2) is 49.0 Å². The first-order chi connectivity index (χ1) is 15.6. The molecule has 0 radical (unpaired) electrons. The third kappa shape index (κ3) is 7.27. The number of amides is 1. The zero-order chi connectivity index (χ0) is 24.1. The Bertz CT molecular complexity index is 964. The average molecular weight is 473 g/mol. The number of aromatic nitrogens is 1. The van der Waals surface area contributed by atoms with Crippen LogP contribution in [-0.2, 0) is 22.2 Å². The molecule has 180 valence electrons. The van der Waals surface area contributed by atoms with Crippen molar-refractivity contribution >= 4 is 23.0 Å². The summed E-state index contributed by atoms with van der Waals surface area (Å²) in [5.41, 5.74) is 0.357. The molecule has 0 aliphatic carbocycles. The van der Waals surface area contributed by atoms with Gasteiger partial charge in [0.25, 0.3) is 0 Å². The molecule has 1 aliphatic heterocycles. The summed E-state index contributed by atoms with van der Waals surface area (Å²) < 4.78 is 27.9. The van der Waals surface area contributed by atoms with Crippen LogP contribution in [0.5, 0.6) is 0 Å². The summed E-state index contributed by atoms with van der Waals surface area (Å²) in [6.07, 6.45) is 3.27. The first kappa shape index (κ1) is 25.2. The molecule has 1 N–H and O–H groups in total. The summed E-state index contributed by atoms with van der Waals surface area (Å²) in [6, 6.07) is 15.2. The van der Waals surface area contributed by atoms with E-state index in [1.54, 1.807) is 12.1 Å². The first-order valence-electron chi connectivity index (χ1n) is 11.4. The maximum Gasteiger partial charge on any atom is 0.410 e. The predicted octanol–water partition coefficient (Wildman–Crippen LogP) is 4.77. The molecule has 3 unspecified atom stereocenters. The molecule has 3 rings (SSSR count). The van der Waals surface area contributed by atoms with Crippen molar-refractivity contribution in [2.45, 2.75) is 69.5 Å². The predicted molar refractivity (Wildman–Crippen MR) is 129 cm³/mol. The molecule has 1 amide bonds. The maximum absolute atomic E-state index is 13.0. The molecule has 7 nitrogen and oxygen atoms in total. The van der Waals surface area contributed by atoms with Gasteiger partial charge >= 0.3 is 6.09 Å². The number of nitrogens with zero attached hydrogens (tertiary/aromatic N) is 2. The second kappa shape index (κ2) is 10.7. The van der Waals surface area contributed by atoms with Crippen molar-refractivity contribution in [2.75, 3.05) is 18.4 Å². The smallest absolute Gasteiger partial charge is 0.410 e. The summed E-state index contributed by atoms with van der Waals surface area (Å²) in [4.78, 5) is 19.0. The summed E-state index contributed by atoms with van der Waals surface area (Å²) in [7, 11) is 0. The second-order valence-electron chi connectivity index (χ2n) is 9.99. The monoisotopic (exact) mass is 472 g/mol. The van der Waals surface area contributed by atoms with E-state index in [4.69, 9.17) is 4.74 Å². The zero-order valence-electron chi connectivity index (χ0n) is 19.9. The van der Waals surface area contributed by atoms with Crippen LogP contribution in [0, 0.1) is 5.92 Å². The molecule has 0 bridgehead atoms. The molecule has 3 atom stereocenters. The third-order valence-corrected chi connectivity index (χ3v) is 6.42. The fraction of sp³-hybridized carbons (Fsp3) is 0.520. The lowest BCUT2D eigenvalue weighted by Gasteiger charge is -2.36. The van der Waals surface area contributed by atoms with E-state index in [2.05, 4.69) is 29.4 Å². The fourth-order valence-electron chi connectivity index (χ4n) is 4.50. The standard InChI is InChI=1S/C25H35N3O4S/c1-24(2,3)32-23(29)28-18-20(17-25(28,4)16-19-10-6-5-7-11-19)12-9-15-26-21-13-8-14-22(27-21)33(30)31/h5-8,10-11,13-14,20H,9,12,15-18H2,1-4H3,(H,26,27)(H,30,31)/p-1. The molecular formula is C25H34N3O4S-. The van der Waals surface area contributed by atoms with Gasteiger partial charge in [-0.15, -0.1) is 0 Å². The van der Waals surface area contributed by atoms with Gasteiger partial charge in [0.05, 0.1) is 0 Å². The van der Waals surface area contributed by atoms with Crippen LogP contribution >= 0.6 is 0 Å². The van der Waals surface area contributed by atoms with Gasteiger partial charge in [-0.25, -0.2) is 9.78 Å². The number of rotatable bonds is 8. The van der Waals surface area contributed by atoms with Crippen LogP contribution in [0.1, 0.15) is 52.5 Å². The summed E-state index contributed by atoms with van der Waals surface area (Å²) in [5.74, 6) is 0.911. The molecule has 1 aromatic heterocycles. The van der Waals surface area contributed by atoms with Crippen molar-refractivity contribution in [1.82, 2.24) is 9.88 Å². The number of carbonyl (C=O) groups is 1. The lowest BCUT2D eigenvalue weighted by atomic mass is 9.86. The SMILES string of the molecule is CC(C)(C)OC(=O)N1CC(CCCNc2cccc(S(=O)[O-])n2)CC1(C)Cc1ccccc1. The number of pyridine rings is 1. The molecule has 2 heterocycles. The lowest BCUT2D eigenvalue weighted by Crippen LogP contribution is -2.48. The van der Waals surface area contributed by atoms with Crippen LogP contribution in [0.2, 0.25) is 0 Å². The van der Waals surface area contributed by atoms with Gasteiger partial charge in [0.2, 0.25) is 0 Å². The largest absolute Gasteiger partial charge is 0.767 e. The van der Waals surface area contributed by atoms with Gasteiger partial charge in [-0.1, -0.05) is 36.4 Å². The lowest BCUT2D eigenvalue weighted by molar-refractivity contribution is 0.0105. The van der Waals surface area contributed by atoms with Crippen molar-refractivity contribution in [3.05, 3.63) is 54.1 Å². The third-order valence-electron chi connectivity index (χ3n) is 5.85. The first-order valence-corrected chi connectivity index (χ1v) is 12.5. The molecule has 0 saturated carbocycles. The van der Waals surface area contributed by atoms with Crippen LogP contribution in [0.3, 0.4) is 0 Å². The van der Waals surface area contributed by atoms with Crippen molar-refractivity contribution < 1.29 is 18.3 Å². The molecule has 0 spiro atoms. The van der Waals surface area contributed by atoms with E-state index in [9.17, 15) is 13.6 Å². The number of carbonyl (C=O) groups excluding carboxylic acids is 1. The van der Waals surface area contributed by atoms with E-state index in [1.165, 1.54) is 11.6 Å². The van der Waals surface area contributed by atoms with Gasteiger partial charge < -0.3 is 19.5 Å². The van der Waals surface area contributed by atoms with Crippen molar-refractivity contribution in [1.29, 1.82) is 0 Å². The number of likely N-dealkylation sites (tertiary alicyclic amines) is 1. The van der Waals surface area contributed by atoms with Crippen LogP contribution < -0.4 is 5.32 Å². The van der Waals surface area contributed by atoms with Gasteiger partial charge in [0.1, 0.15) is 16.4 Å². The van der Waals surface area contributed by atoms with Gasteiger partial charge in [-0.2, -0.15) is 0 Å². The summed E-state index contributed by atoms with van der Waals surface area (Å²) in [5, 5.41) is 3.23. The minimum atomic E-state index is -2.34. The van der Waals surface area contributed by atoms with Crippen molar-refractivity contribution in [3.8, 4) is 0 Å². The van der Waals surface area contributed by atoms with Gasteiger partial charge in [0, 0.05) is 18.6 Å². The Morgan fingerprint density at radius 1 is 1.24 bits per heavy atom. The number of benzene rings is 1. The van der Waals surface area contributed by atoms with E-state index < -0.39 is 16.7 Å². The van der Waals surface area contributed by atoms with Crippen molar-refractivity contribution in [3.63, 3.8) is 0 Å². The number of anilines is 1. The Labute approximate surface area is 199 Å². The maximum atomic E-state index is 13.0. The molecule has 33 heavy (non-hydrogen) atoms. The average Bonchev–Trinajstić information content (AvgIpc) is 3.07. The van der Waals surface area contributed by atoms with E-state index in [0.29, 0.717) is 24.8 Å². The van der Waals surface area contributed by atoms with Crippen LogP contribution in [0.4, 0.5) is 10.6 Å². The normalized spacial score (nSPS) is 21.6. The van der Waals surface area contributed by atoms with E-state index in [0.717, 1.165) is 25.7 Å². The van der Waals surface area contributed by atoms with Gasteiger partial charge in [-0.3, -0.25) is 4.21 Å². The van der Waals surface area contributed by atoms with Crippen LogP contribution in [0.25, 0.3) is 0 Å². The van der Waals surface area contributed by atoms with E-state index in [-0.39, 0.29) is 16.7 Å². The highest BCUT2D eigenvalue weighted by atomic mass is 32.2. The minimum absolute atomic E-state index is 0.0282. The molecule has 1 aliphatic rings. The highest BCUT2D eigenvalue weighted by Crippen LogP contribution is 2.38. The number of nitrogens with one attached hydrogen (secondary N) is 1. The molecule has 1 aromatic carbocycles. The Morgan fingerprint density at radius 3 is 2.64 bits per heavy atom. The zero-order valence-corrected chi connectivity index (χ0v) is 20.7. The summed E-state index contributed by atoms with van der Waals surface area (Å²) >= 11 is -2.34.